The zero-order chi connectivity index (χ0) is 19.4. The second-order valence-corrected chi connectivity index (χ2v) is 7.02. The minimum Gasteiger partial charge on any atom is -0.365 e. The van der Waals surface area contributed by atoms with Gasteiger partial charge in [0.05, 0.1) is 10.4 Å². The first kappa shape index (κ1) is 19.9. The first-order chi connectivity index (χ1) is 12.3. The Balaban J connectivity index is 2.42. The predicted octanol–water partition coefficient (Wildman–Crippen LogP) is 3.54. The lowest BCUT2D eigenvalue weighted by Crippen LogP contribution is -2.30. The highest BCUT2D eigenvalue weighted by molar-refractivity contribution is 7.18. The molecule has 6 nitrogen and oxygen atoms in total. The van der Waals surface area contributed by atoms with E-state index in [2.05, 4.69) is 5.32 Å². The first-order valence-corrected chi connectivity index (χ1v) is 9.28. The van der Waals surface area contributed by atoms with Gasteiger partial charge >= 0.3 is 0 Å². The Morgan fingerprint density at radius 3 is 2.42 bits per heavy atom. The zero-order valence-corrected chi connectivity index (χ0v) is 16.3. The Morgan fingerprint density at radius 2 is 1.88 bits per heavy atom. The van der Waals surface area contributed by atoms with Crippen molar-refractivity contribution in [1.29, 1.82) is 0 Å². The summed E-state index contributed by atoms with van der Waals surface area (Å²) in [7, 11) is 0. The van der Waals surface area contributed by atoms with E-state index >= 15 is 0 Å². The summed E-state index contributed by atoms with van der Waals surface area (Å²) in [5, 5.41) is 3.36. The summed E-state index contributed by atoms with van der Waals surface area (Å²) < 4.78 is 0. The second-order valence-electron chi connectivity index (χ2n) is 5.57. The fourth-order valence-electron chi connectivity index (χ4n) is 2.56. The number of amides is 3. The SMILES string of the molecule is CCN(CC)C(=O)c1sc(NC(=O)c2cccc(Cl)c2)c(C(N)=O)c1C. The number of primary amides is 1. The van der Waals surface area contributed by atoms with Crippen LogP contribution in [0, 0.1) is 6.92 Å². The molecular weight excluding hydrogens is 374 g/mol. The van der Waals surface area contributed by atoms with Gasteiger partial charge in [-0.1, -0.05) is 17.7 Å². The number of halogens is 1. The highest BCUT2D eigenvalue weighted by Gasteiger charge is 2.26. The molecule has 0 fully saturated rings. The summed E-state index contributed by atoms with van der Waals surface area (Å²) in [6, 6.07) is 6.43. The van der Waals surface area contributed by atoms with Crippen LogP contribution in [-0.2, 0) is 0 Å². The van der Waals surface area contributed by atoms with Crippen LogP contribution in [0.2, 0.25) is 5.02 Å². The molecule has 0 radical (unpaired) electrons. The molecule has 0 aliphatic carbocycles. The molecule has 8 heteroatoms. The first-order valence-electron chi connectivity index (χ1n) is 8.09. The number of benzene rings is 1. The molecule has 1 heterocycles. The van der Waals surface area contributed by atoms with Gasteiger partial charge in [-0.3, -0.25) is 14.4 Å². The quantitative estimate of drug-likeness (QED) is 0.786. The van der Waals surface area contributed by atoms with Gasteiger partial charge in [-0.2, -0.15) is 0 Å². The molecular formula is C18H20ClN3O3S. The third-order valence-electron chi connectivity index (χ3n) is 3.95. The standard InChI is InChI=1S/C18H20ClN3O3S/c1-4-22(5-2)18(25)14-10(3)13(15(20)23)17(26-14)21-16(24)11-7-6-8-12(19)9-11/h6-9H,4-5H2,1-3H3,(H2,20,23)(H,21,24). The van der Waals surface area contributed by atoms with E-state index in [1.54, 1.807) is 30.0 Å². The van der Waals surface area contributed by atoms with Crippen LogP contribution in [0.15, 0.2) is 24.3 Å². The molecule has 0 atom stereocenters. The van der Waals surface area contributed by atoms with Crippen molar-refractivity contribution in [3.8, 4) is 0 Å². The summed E-state index contributed by atoms with van der Waals surface area (Å²) >= 11 is 6.96. The number of rotatable bonds is 6. The number of nitrogens with two attached hydrogens (primary N) is 1. The average Bonchev–Trinajstić information content (AvgIpc) is 2.92. The lowest BCUT2D eigenvalue weighted by molar-refractivity contribution is 0.0777. The molecule has 0 saturated heterocycles. The number of nitrogens with zero attached hydrogens (tertiary/aromatic N) is 1. The van der Waals surface area contributed by atoms with Gasteiger partial charge in [0, 0.05) is 23.7 Å². The maximum Gasteiger partial charge on any atom is 0.264 e. The van der Waals surface area contributed by atoms with E-state index in [1.165, 1.54) is 6.07 Å². The van der Waals surface area contributed by atoms with Crippen molar-refractivity contribution in [2.75, 3.05) is 18.4 Å². The molecule has 0 bridgehead atoms. The fraction of sp³-hybridized carbons (Fsp3) is 0.278. The normalized spacial score (nSPS) is 10.5. The number of hydrogen-bond donors (Lipinski definition) is 2. The van der Waals surface area contributed by atoms with Crippen molar-refractivity contribution in [2.45, 2.75) is 20.8 Å². The topological polar surface area (TPSA) is 92.5 Å². The van der Waals surface area contributed by atoms with E-state index < -0.39 is 11.8 Å². The van der Waals surface area contributed by atoms with Crippen LogP contribution in [0.25, 0.3) is 0 Å². The van der Waals surface area contributed by atoms with Gasteiger partial charge < -0.3 is 16.0 Å². The number of carbonyl (C=O) groups is 3. The van der Waals surface area contributed by atoms with Crippen molar-refractivity contribution in [3.63, 3.8) is 0 Å². The molecule has 1 aromatic heterocycles. The van der Waals surface area contributed by atoms with Crippen LogP contribution in [0.4, 0.5) is 5.00 Å². The number of hydrogen-bond acceptors (Lipinski definition) is 4. The van der Waals surface area contributed by atoms with Gasteiger partial charge in [0.1, 0.15) is 5.00 Å². The Hall–Kier alpha value is -2.38. The molecule has 0 spiro atoms. The Labute approximate surface area is 160 Å². The van der Waals surface area contributed by atoms with Crippen LogP contribution < -0.4 is 11.1 Å². The van der Waals surface area contributed by atoms with Gasteiger partial charge in [-0.25, -0.2) is 0 Å². The smallest absolute Gasteiger partial charge is 0.264 e. The van der Waals surface area contributed by atoms with Gasteiger partial charge in [-0.05, 0) is 44.5 Å². The summed E-state index contributed by atoms with van der Waals surface area (Å²) in [6.07, 6.45) is 0. The van der Waals surface area contributed by atoms with Crippen molar-refractivity contribution >= 4 is 45.7 Å². The highest BCUT2D eigenvalue weighted by Crippen LogP contribution is 2.34. The van der Waals surface area contributed by atoms with Gasteiger partial charge in [-0.15, -0.1) is 11.3 Å². The molecule has 0 saturated carbocycles. The van der Waals surface area contributed by atoms with E-state index in [9.17, 15) is 14.4 Å². The van der Waals surface area contributed by atoms with Gasteiger partial charge in [0.2, 0.25) is 0 Å². The van der Waals surface area contributed by atoms with Gasteiger partial charge in [0.25, 0.3) is 17.7 Å². The zero-order valence-electron chi connectivity index (χ0n) is 14.8. The molecule has 3 amide bonds. The molecule has 0 unspecified atom stereocenters. The Morgan fingerprint density at radius 1 is 1.23 bits per heavy atom. The number of carbonyl (C=O) groups excluding carboxylic acids is 3. The number of thiophene rings is 1. The minimum absolute atomic E-state index is 0.154. The largest absolute Gasteiger partial charge is 0.365 e. The predicted molar refractivity (Wildman–Crippen MR) is 104 cm³/mol. The minimum atomic E-state index is -0.696. The second kappa shape index (κ2) is 8.33. The summed E-state index contributed by atoms with van der Waals surface area (Å²) in [5.41, 5.74) is 6.45. The lowest BCUT2D eigenvalue weighted by atomic mass is 10.1. The van der Waals surface area contributed by atoms with E-state index in [-0.39, 0.29) is 16.5 Å². The fourth-order valence-corrected chi connectivity index (χ4v) is 3.93. The van der Waals surface area contributed by atoms with Crippen LogP contribution >= 0.6 is 22.9 Å². The van der Waals surface area contributed by atoms with Crippen LogP contribution in [-0.4, -0.2) is 35.7 Å². The van der Waals surface area contributed by atoms with Crippen LogP contribution in [0.5, 0.6) is 0 Å². The molecule has 0 aliphatic heterocycles. The number of anilines is 1. The van der Waals surface area contributed by atoms with Crippen molar-refractivity contribution in [3.05, 3.63) is 50.9 Å². The molecule has 26 heavy (non-hydrogen) atoms. The highest BCUT2D eigenvalue weighted by atomic mass is 35.5. The van der Waals surface area contributed by atoms with E-state index in [1.807, 2.05) is 13.8 Å². The third-order valence-corrected chi connectivity index (χ3v) is 5.38. The molecule has 138 valence electrons. The van der Waals surface area contributed by atoms with Gasteiger partial charge in [0.15, 0.2) is 0 Å². The molecule has 2 rings (SSSR count). The van der Waals surface area contributed by atoms with E-state index in [0.29, 0.717) is 34.1 Å². The monoisotopic (exact) mass is 393 g/mol. The van der Waals surface area contributed by atoms with Crippen LogP contribution in [0.3, 0.4) is 0 Å². The van der Waals surface area contributed by atoms with E-state index in [0.717, 1.165) is 11.3 Å². The Bertz CT molecular complexity index is 859. The molecule has 2 aromatic rings. The summed E-state index contributed by atoms with van der Waals surface area (Å²) in [4.78, 5) is 39.1. The maximum atomic E-state index is 12.7. The molecule has 0 aliphatic rings. The third kappa shape index (κ3) is 4.05. The molecule has 3 N–H and O–H groups in total. The summed E-state index contributed by atoms with van der Waals surface area (Å²) in [6.45, 7) is 6.50. The summed E-state index contributed by atoms with van der Waals surface area (Å²) in [5.74, 6) is -1.32. The van der Waals surface area contributed by atoms with Crippen molar-refractivity contribution in [2.24, 2.45) is 5.73 Å². The van der Waals surface area contributed by atoms with Crippen molar-refractivity contribution in [1.82, 2.24) is 4.90 Å². The lowest BCUT2D eigenvalue weighted by Gasteiger charge is -2.17. The Kier molecular flexibility index (Phi) is 6.39. The van der Waals surface area contributed by atoms with Crippen LogP contribution in [0.1, 0.15) is 49.8 Å². The number of nitrogens with one attached hydrogen (secondary N) is 1. The van der Waals surface area contributed by atoms with Crippen molar-refractivity contribution < 1.29 is 14.4 Å². The van der Waals surface area contributed by atoms with E-state index in [4.69, 9.17) is 17.3 Å². The average molecular weight is 394 g/mol. The maximum absolute atomic E-state index is 12.7. The molecule has 1 aromatic carbocycles.